The molecule has 90 valence electrons. The van der Waals surface area contributed by atoms with E-state index in [0.29, 0.717) is 11.7 Å². The summed E-state index contributed by atoms with van der Waals surface area (Å²) in [6.07, 6.45) is 4.17. The summed E-state index contributed by atoms with van der Waals surface area (Å²) in [6.45, 7) is 6.32. The molecule has 1 aromatic rings. The van der Waals surface area contributed by atoms with Crippen LogP contribution in [0.5, 0.6) is 0 Å². The second kappa shape index (κ2) is 6.27. The van der Waals surface area contributed by atoms with Crippen LogP contribution in [0.2, 0.25) is 0 Å². The Morgan fingerprint density at radius 3 is 2.88 bits per heavy atom. The van der Waals surface area contributed by atoms with Crippen LogP contribution in [0.25, 0.3) is 0 Å². The van der Waals surface area contributed by atoms with Gasteiger partial charge >= 0.3 is 0 Å². The molecule has 5 nitrogen and oxygen atoms in total. The molecular weight excluding hydrogens is 202 g/mol. The molecule has 1 aromatic heterocycles. The Bertz CT molecular complexity index is 313. The fourth-order valence-electron chi connectivity index (χ4n) is 1.28. The quantitative estimate of drug-likeness (QED) is 0.709. The minimum Gasteiger partial charge on any atom is -0.394 e. The highest BCUT2D eigenvalue weighted by Crippen LogP contribution is 2.10. The molecule has 1 heterocycles. The lowest BCUT2D eigenvalue weighted by atomic mass is 10.3. The summed E-state index contributed by atoms with van der Waals surface area (Å²) < 4.78 is 0. The highest BCUT2D eigenvalue weighted by molar-refractivity contribution is 5.58. The monoisotopic (exact) mass is 223 g/mol. The summed E-state index contributed by atoms with van der Waals surface area (Å²) in [5.74, 6) is 0.724. The third-order valence-corrected chi connectivity index (χ3v) is 2.60. The average Bonchev–Trinajstić information content (AvgIpc) is 2.26. The highest BCUT2D eigenvalue weighted by Gasteiger charge is 2.02. The van der Waals surface area contributed by atoms with Gasteiger partial charge in [0.1, 0.15) is 6.33 Å². The van der Waals surface area contributed by atoms with Crippen molar-refractivity contribution in [3.8, 4) is 0 Å². The summed E-state index contributed by atoms with van der Waals surface area (Å²) in [4.78, 5) is 10.2. The van der Waals surface area contributed by atoms with Gasteiger partial charge in [-0.15, -0.1) is 0 Å². The molecule has 1 rings (SSSR count). The van der Waals surface area contributed by atoms with Gasteiger partial charge in [-0.25, -0.2) is 9.97 Å². The van der Waals surface area contributed by atoms with Crippen LogP contribution in [0.4, 0.5) is 11.5 Å². The molecule has 0 fully saturated rings. The van der Waals surface area contributed by atoms with Crippen LogP contribution in [0, 0.1) is 0 Å². The van der Waals surface area contributed by atoms with Gasteiger partial charge in [0.15, 0.2) is 5.82 Å². The van der Waals surface area contributed by atoms with Gasteiger partial charge in [-0.3, -0.25) is 0 Å². The second-order valence-electron chi connectivity index (χ2n) is 4.18. The number of hydrogen-bond donors (Lipinski definition) is 2. The van der Waals surface area contributed by atoms with E-state index < -0.39 is 0 Å². The van der Waals surface area contributed by atoms with Crippen LogP contribution < -0.4 is 11.1 Å². The lowest BCUT2D eigenvalue weighted by Gasteiger charge is -2.20. The van der Waals surface area contributed by atoms with Crippen molar-refractivity contribution in [1.29, 1.82) is 0 Å². The highest BCUT2D eigenvalue weighted by atomic mass is 15.1. The molecule has 5 heteroatoms. The molecule has 0 saturated carbocycles. The first-order chi connectivity index (χ1) is 7.61. The summed E-state index contributed by atoms with van der Waals surface area (Å²) in [5, 5.41) is 3.20. The summed E-state index contributed by atoms with van der Waals surface area (Å²) in [5.41, 5.74) is 6.31. The van der Waals surface area contributed by atoms with E-state index in [0.717, 1.165) is 25.3 Å². The third kappa shape index (κ3) is 4.02. The molecule has 0 amide bonds. The Balaban J connectivity index is 2.24. The third-order valence-electron chi connectivity index (χ3n) is 2.60. The number of anilines is 2. The summed E-state index contributed by atoms with van der Waals surface area (Å²) in [6, 6.07) is 0.587. The van der Waals surface area contributed by atoms with E-state index in [4.69, 9.17) is 5.73 Å². The second-order valence-corrected chi connectivity index (χ2v) is 4.18. The number of nitrogens with two attached hydrogens (primary N) is 1. The van der Waals surface area contributed by atoms with E-state index in [9.17, 15) is 0 Å². The molecular formula is C11H21N5. The molecule has 0 aromatic carbocycles. The smallest absolute Gasteiger partial charge is 0.152 e. The Morgan fingerprint density at radius 1 is 1.50 bits per heavy atom. The summed E-state index contributed by atoms with van der Waals surface area (Å²) in [7, 11) is 2.13. The predicted octanol–water partition coefficient (Wildman–Crippen LogP) is 1.20. The van der Waals surface area contributed by atoms with Crippen molar-refractivity contribution < 1.29 is 0 Å². The van der Waals surface area contributed by atoms with Crippen LogP contribution in [-0.4, -0.2) is 41.0 Å². The number of nitrogens with zero attached hydrogens (tertiary/aromatic N) is 3. The molecule has 3 N–H and O–H groups in total. The van der Waals surface area contributed by atoms with E-state index in [1.807, 2.05) is 0 Å². The van der Waals surface area contributed by atoms with E-state index in [2.05, 4.69) is 41.1 Å². The van der Waals surface area contributed by atoms with Crippen molar-refractivity contribution in [1.82, 2.24) is 14.9 Å². The number of nitrogens with one attached hydrogen (secondary N) is 1. The van der Waals surface area contributed by atoms with Crippen LogP contribution >= 0.6 is 0 Å². The molecule has 16 heavy (non-hydrogen) atoms. The van der Waals surface area contributed by atoms with Gasteiger partial charge in [-0.05, 0) is 33.9 Å². The maximum Gasteiger partial charge on any atom is 0.152 e. The fraction of sp³-hybridized carbons (Fsp3) is 0.636. The van der Waals surface area contributed by atoms with Gasteiger partial charge in [0.2, 0.25) is 0 Å². The largest absolute Gasteiger partial charge is 0.394 e. The Hall–Kier alpha value is -1.36. The van der Waals surface area contributed by atoms with Crippen molar-refractivity contribution in [3.63, 3.8) is 0 Å². The van der Waals surface area contributed by atoms with Gasteiger partial charge in [0, 0.05) is 12.6 Å². The molecule has 0 radical (unpaired) electrons. The van der Waals surface area contributed by atoms with Crippen LogP contribution in [0.1, 0.15) is 20.3 Å². The lowest BCUT2D eigenvalue weighted by Crippen LogP contribution is -2.28. The van der Waals surface area contributed by atoms with Gasteiger partial charge in [0.25, 0.3) is 0 Å². The minimum absolute atomic E-state index is 0.587. The van der Waals surface area contributed by atoms with Gasteiger partial charge < -0.3 is 16.0 Å². The standard InChI is InChI=1S/C11H21N5/c1-9(2)16(3)6-4-5-14-11-10(12)7-13-8-15-11/h7-9H,4-6,12H2,1-3H3,(H,13,14,15). The van der Waals surface area contributed by atoms with E-state index in [1.165, 1.54) is 6.33 Å². The van der Waals surface area contributed by atoms with Crippen molar-refractivity contribution in [3.05, 3.63) is 12.5 Å². The molecule has 0 aliphatic carbocycles. The Morgan fingerprint density at radius 2 is 2.25 bits per heavy atom. The maximum atomic E-state index is 5.71. The summed E-state index contributed by atoms with van der Waals surface area (Å²) >= 11 is 0. The normalized spacial score (nSPS) is 11.1. The average molecular weight is 223 g/mol. The number of nitrogen functional groups attached to an aromatic ring is 1. The fourth-order valence-corrected chi connectivity index (χ4v) is 1.28. The molecule has 0 bridgehead atoms. The topological polar surface area (TPSA) is 67.1 Å². The van der Waals surface area contributed by atoms with E-state index in [1.54, 1.807) is 6.20 Å². The zero-order valence-electron chi connectivity index (χ0n) is 10.3. The maximum absolute atomic E-state index is 5.71. The zero-order valence-corrected chi connectivity index (χ0v) is 10.3. The van der Waals surface area contributed by atoms with Gasteiger partial charge in [0.05, 0.1) is 11.9 Å². The number of hydrogen-bond acceptors (Lipinski definition) is 5. The zero-order chi connectivity index (χ0) is 12.0. The van der Waals surface area contributed by atoms with Crippen molar-refractivity contribution in [2.75, 3.05) is 31.2 Å². The van der Waals surface area contributed by atoms with Crippen molar-refractivity contribution in [2.24, 2.45) is 0 Å². The molecule has 0 saturated heterocycles. The minimum atomic E-state index is 0.587. The first kappa shape index (κ1) is 12.7. The van der Waals surface area contributed by atoms with Gasteiger partial charge in [-0.2, -0.15) is 0 Å². The van der Waals surface area contributed by atoms with E-state index >= 15 is 0 Å². The van der Waals surface area contributed by atoms with E-state index in [-0.39, 0.29) is 0 Å². The Labute approximate surface area is 97.1 Å². The molecule has 0 unspecified atom stereocenters. The predicted molar refractivity (Wildman–Crippen MR) is 67.3 cm³/mol. The first-order valence-electron chi connectivity index (χ1n) is 5.61. The molecule has 0 aliphatic rings. The van der Waals surface area contributed by atoms with Crippen LogP contribution in [-0.2, 0) is 0 Å². The number of aromatic nitrogens is 2. The molecule has 0 aliphatic heterocycles. The molecule has 0 atom stereocenters. The first-order valence-corrected chi connectivity index (χ1v) is 5.61. The van der Waals surface area contributed by atoms with Crippen LogP contribution in [0.15, 0.2) is 12.5 Å². The number of rotatable bonds is 6. The van der Waals surface area contributed by atoms with Crippen LogP contribution in [0.3, 0.4) is 0 Å². The lowest BCUT2D eigenvalue weighted by molar-refractivity contribution is 0.273. The van der Waals surface area contributed by atoms with Crippen molar-refractivity contribution >= 4 is 11.5 Å². The molecule has 0 spiro atoms. The Kier molecular flexibility index (Phi) is 4.98. The van der Waals surface area contributed by atoms with Gasteiger partial charge in [-0.1, -0.05) is 0 Å². The van der Waals surface area contributed by atoms with Crippen molar-refractivity contribution in [2.45, 2.75) is 26.3 Å². The SMILES string of the molecule is CC(C)N(C)CCCNc1ncncc1N.